The first-order valence-corrected chi connectivity index (χ1v) is 8.07. The molecule has 6 heteroatoms. The quantitative estimate of drug-likeness (QED) is 0.866. The lowest BCUT2D eigenvalue weighted by atomic mass is 10.1. The van der Waals surface area contributed by atoms with Gasteiger partial charge < -0.3 is 4.74 Å². The molecule has 0 N–H and O–H groups in total. The molecular weight excluding hydrogens is 304 g/mol. The van der Waals surface area contributed by atoms with Crippen LogP contribution in [0.25, 0.3) is 11.0 Å². The number of benzene rings is 1. The summed E-state index contributed by atoms with van der Waals surface area (Å²) in [5.41, 5.74) is 0.894. The van der Waals surface area contributed by atoms with Gasteiger partial charge in [0.2, 0.25) is 0 Å². The molecule has 22 heavy (non-hydrogen) atoms. The number of carbonyl (C=O) groups excluding carboxylic acids is 1. The highest BCUT2D eigenvalue weighted by atomic mass is 35.5. The van der Waals surface area contributed by atoms with Gasteiger partial charge in [-0.25, -0.2) is 9.59 Å². The molecule has 2 aromatic rings. The van der Waals surface area contributed by atoms with Crippen LogP contribution in [0.15, 0.2) is 23.0 Å². The topological polar surface area (TPSA) is 53.2 Å². The van der Waals surface area contributed by atoms with Gasteiger partial charge in [-0.1, -0.05) is 24.4 Å². The van der Waals surface area contributed by atoms with Crippen molar-refractivity contribution in [1.29, 1.82) is 0 Å². The first-order chi connectivity index (χ1) is 10.6. The molecule has 5 nitrogen and oxygen atoms in total. The summed E-state index contributed by atoms with van der Waals surface area (Å²) >= 11 is 6.03. The molecule has 0 unspecified atom stereocenters. The Morgan fingerprint density at radius 1 is 1.32 bits per heavy atom. The summed E-state index contributed by atoms with van der Waals surface area (Å²) in [6.07, 6.45) is 4.03. The molecule has 0 aliphatic heterocycles. The van der Waals surface area contributed by atoms with Gasteiger partial charge >= 0.3 is 11.8 Å². The van der Waals surface area contributed by atoms with Crippen molar-refractivity contribution >= 4 is 28.7 Å². The van der Waals surface area contributed by atoms with E-state index >= 15 is 0 Å². The molecular formula is C16H19ClN2O3. The van der Waals surface area contributed by atoms with E-state index in [9.17, 15) is 9.59 Å². The summed E-state index contributed by atoms with van der Waals surface area (Å²) in [6, 6.07) is 5.17. The highest BCUT2D eigenvalue weighted by Gasteiger charge is 2.23. The van der Waals surface area contributed by atoms with Crippen molar-refractivity contribution in [3.05, 3.63) is 33.7 Å². The Balaban J connectivity index is 2.13. The molecule has 1 fully saturated rings. The van der Waals surface area contributed by atoms with E-state index < -0.39 is 6.09 Å². The number of aromatic nitrogens is 2. The second-order valence-corrected chi connectivity index (χ2v) is 6.15. The fraction of sp³-hybridized carbons (Fsp3) is 0.500. The average molecular weight is 323 g/mol. The zero-order valence-electron chi connectivity index (χ0n) is 12.5. The maximum absolute atomic E-state index is 12.7. The third-order valence-corrected chi connectivity index (χ3v) is 4.49. The Kier molecular flexibility index (Phi) is 4.25. The van der Waals surface area contributed by atoms with E-state index in [1.54, 1.807) is 29.7 Å². The third-order valence-electron chi connectivity index (χ3n) is 4.26. The second-order valence-electron chi connectivity index (χ2n) is 5.71. The number of hydrogen-bond donors (Lipinski definition) is 0. The van der Waals surface area contributed by atoms with Crippen LogP contribution in [0.5, 0.6) is 0 Å². The Morgan fingerprint density at radius 3 is 2.73 bits per heavy atom. The van der Waals surface area contributed by atoms with Gasteiger partial charge in [0.15, 0.2) is 0 Å². The molecule has 0 saturated heterocycles. The zero-order chi connectivity index (χ0) is 15.7. The summed E-state index contributed by atoms with van der Waals surface area (Å²) < 4.78 is 7.77. The van der Waals surface area contributed by atoms with E-state index in [1.807, 2.05) is 0 Å². The summed E-state index contributed by atoms with van der Waals surface area (Å²) in [4.78, 5) is 24.8. The van der Waals surface area contributed by atoms with Gasteiger partial charge in [0.05, 0.1) is 17.6 Å². The molecule has 0 spiro atoms. The normalized spacial score (nSPS) is 15.5. The predicted octanol–water partition coefficient (Wildman–Crippen LogP) is 3.65. The van der Waals surface area contributed by atoms with Gasteiger partial charge in [-0.05, 0) is 43.9 Å². The van der Waals surface area contributed by atoms with Gasteiger partial charge in [-0.2, -0.15) is 4.57 Å². The first-order valence-electron chi connectivity index (χ1n) is 7.69. The van der Waals surface area contributed by atoms with Crippen molar-refractivity contribution in [2.24, 2.45) is 5.92 Å². The van der Waals surface area contributed by atoms with E-state index in [2.05, 4.69) is 0 Å². The first kappa shape index (κ1) is 15.2. The van der Waals surface area contributed by atoms with E-state index in [0.717, 1.165) is 22.9 Å². The van der Waals surface area contributed by atoms with Gasteiger partial charge in [0, 0.05) is 11.6 Å². The number of imidazole rings is 1. The third kappa shape index (κ3) is 2.65. The minimum atomic E-state index is -0.648. The van der Waals surface area contributed by atoms with Crippen LogP contribution in [-0.4, -0.2) is 21.8 Å². The Bertz CT molecular complexity index is 757. The lowest BCUT2D eigenvalue weighted by molar-refractivity contribution is 0.153. The fourth-order valence-corrected chi connectivity index (χ4v) is 3.39. The summed E-state index contributed by atoms with van der Waals surface area (Å²) in [7, 11) is 0. The highest BCUT2D eigenvalue weighted by molar-refractivity contribution is 6.31. The minimum Gasteiger partial charge on any atom is -0.449 e. The molecule has 3 rings (SSSR count). The van der Waals surface area contributed by atoms with Crippen LogP contribution in [0.4, 0.5) is 4.79 Å². The molecule has 1 heterocycles. The molecule has 1 aliphatic carbocycles. The highest BCUT2D eigenvalue weighted by Crippen LogP contribution is 2.27. The van der Waals surface area contributed by atoms with Crippen LogP contribution in [0.2, 0.25) is 5.02 Å². The van der Waals surface area contributed by atoms with Crippen molar-refractivity contribution in [3.63, 3.8) is 0 Å². The summed E-state index contributed by atoms with van der Waals surface area (Å²) in [5.74, 6) is 0.495. The Hall–Kier alpha value is -1.75. The molecule has 0 amide bonds. The van der Waals surface area contributed by atoms with E-state index in [1.165, 1.54) is 12.8 Å². The smallest absolute Gasteiger partial charge is 0.422 e. The van der Waals surface area contributed by atoms with Gasteiger partial charge in [-0.3, -0.25) is 4.57 Å². The van der Waals surface area contributed by atoms with Crippen molar-refractivity contribution in [2.75, 3.05) is 6.61 Å². The second kappa shape index (κ2) is 6.16. The van der Waals surface area contributed by atoms with E-state index in [0.29, 0.717) is 23.0 Å². The van der Waals surface area contributed by atoms with Crippen molar-refractivity contribution in [1.82, 2.24) is 9.13 Å². The number of hydrogen-bond acceptors (Lipinski definition) is 3. The number of nitrogens with zero attached hydrogens (tertiary/aromatic N) is 2. The largest absolute Gasteiger partial charge is 0.449 e. The summed E-state index contributed by atoms with van der Waals surface area (Å²) in [5, 5.41) is 0.489. The average Bonchev–Trinajstić information content (AvgIpc) is 3.07. The fourth-order valence-electron chi connectivity index (χ4n) is 3.22. The SMILES string of the molecule is CCOC(=O)n1c(=O)n(CC2CCCC2)c2ccc(Cl)cc21. The van der Waals surface area contributed by atoms with Crippen LogP contribution in [-0.2, 0) is 11.3 Å². The monoisotopic (exact) mass is 322 g/mol. The van der Waals surface area contributed by atoms with E-state index in [4.69, 9.17) is 16.3 Å². The van der Waals surface area contributed by atoms with Crippen molar-refractivity contribution < 1.29 is 9.53 Å². The maximum atomic E-state index is 12.7. The number of ether oxygens (including phenoxy) is 1. The van der Waals surface area contributed by atoms with Crippen molar-refractivity contribution in [3.8, 4) is 0 Å². The van der Waals surface area contributed by atoms with Crippen LogP contribution in [0.1, 0.15) is 32.6 Å². The standard InChI is InChI=1S/C16H19ClN2O3/c1-2-22-16(21)19-14-9-12(17)7-8-13(14)18(15(19)20)10-11-5-3-4-6-11/h7-9,11H,2-6,10H2,1H3. The molecule has 0 bridgehead atoms. The van der Waals surface area contributed by atoms with Crippen LogP contribution < -0.4 is 5.69 Å². The van der Waals surface area contributed by atoms with Crippen LogP contribution in [0, 0.1) is 5.92 Å². The molecule has 1 aliphatic rings. The molecule has 0 radical (unpaired) electrons. The number of halogens is 1. The molecule has 118 valence electrons. The zero-order valence-corrected chi connectivity index (χ0v) is 13.3. The minimum absolute atomic E-state index is 0.223. The van der Waals surface area contributed by atoms with Crippen LogP contribution >= 0.6 is 11.6 Å². The maximum Gasteiger partial charge on any atom is 0.422 e. The predicted molar refractivity (Wildman–Crippen MR) is 85.6 cm³/mol. The molecule has 1 saturated carbocycles. The molecule has 1 aromatic carbocycles. The lowest BCUT2D eigenvalue weighted by Crippen LogP contribution is -2.31. The lowest BCUT2D eigenvalue weighted by Gasteiger charge is -2.09. The Morgan fingerprint density at radius 2 is 2.05 bits per heavy atom. The summed E-state index contributed by atoms with van der Waals surface area (Å²) in [6.45, 7) is 2.58. The number of fused-ring (bicyclic) bond motifs is 1. The van der Waals surface area contributed by atoms with Gasteiger partial charge in [0.25, 0.3) is 0 Å². The van der Waals surface area contributed by atoms with E-state index in [-0.39, 0.29) is 12.3 Å². The van der Waals surface area contributed by atoms with Crippen LogP contribution in [0.3, 0.4) is 0 Å². The Labute approximate surface area is 133 Å². The van der Waals surface area contributed by atoms with Gasteiger partial charge in [-0.15, -0.1) is 0 Å². The van der Waals surface area contributed by atoms with Crippen molar-refractivity contribution in [2.45, 2.75) is 39.2 Å². The van der Waals surface area contributed by atoms with Gasteiger partial charge in [0.1, 0.15) is 0 Å². The molecule has 1 aromatic heterocycles. The number of rotatable bonds is 3. The number of carbonyl (C=O) groups is 1. The molecule has 0 atom stereocenters.